The second-order valence-corrected chi connectivity index (χ2v) is 10.4. The van der Waals surface area contributed by atoms with Gasteiger partial charge in [-0.15, -0.1) is 0 Å². The zero-order valence-electron chi connectivity index (χ0n) is 25.8. The second kappa shape index (κ2) is 16.9. The van der Waals surface area contributed by atoms with E-state index < -0.39 is 0 Å². The summed E-state index contributed by atoms with van der Waals surface area (Å²) in [5.74, 6) is 0.870. The Kier molecular flexibility index (Phi) is 12.4. The molecule has 0 aromatic heterocycles. The highest BCUT2D eigenvalue weighted by molar-refractivity contribution is 5.89. The number of rotatable bonds is 16. The van der Waals surface area contributed by atoms with Crippen LogP contribution < -0.4 is 9.47 Å². The van der Waals surface area contributed by atoms with E-state index in [1.807, 2.05) is 30.3 Å². The van der Waals surface area contributed by atoms with Crippen LogP contribution in [0.15, 0.2) is 97.1 Å². The van der Waals surface area contributed by atoms with Crippen LogP contribution in [-0.2, 0) is 35.5 Å². The molecule has 0 unspecified atom stereocenters. The summed E-state index contributed by atoms with van der Waals surface area (Å²) in [5, 5.41) is 0. The number of hydrogen-bond donors (Lipinski definition) is 0. The van der Waals surface area contributed by atoms with Gasteiger partial charge in [-0.1, -0.05) is 61.5 Å². The van der Waals surface area contributed by atoms with Crippen LogP contribution in [0.2, 0.25) is 0 Å². The van der Waals surface area contributed by atoms with E-state index >= 15 is 0 Å². The first kappa shape index (κ1) is 32.3. The van der Waals surface area contributed by atoms with Gasteiger partial charge in [-0.2, -0.15) is 0 Å². The first-order valence-electron chi connectivity index (χ1n) is 15.1. The van der Waals surface area contributed by atoms with Gasteiger partial charge in [-0.05, 0) is 84.5 Å². The fourth-order valence-electron chi connectivity index (χ4n) is 4.75. The SMILES string of the molecule is CCOC(=O)c1ccc(OCCN(CCc2ccccc2OCc2ccc(CC)cc2)Cc2ccc(C(=O)OC)cc2)cc1. The van der Waals surface area contributed by atoms with Crippen LogP contribution in [0.3, 0.4) is 0 Å². The van der Waals surface area contributed by atoms with E-state index in [0.29, 0.717) is 49.8 Å². The number of para-hydroxylation sites is 1. The molecule has 0 heterocycles. The predicted octanol–water partition coefficient (Wildman–Crippen LogP) is 6.92. The van der Waals surface area contributed by atoms with E-state index in [0.717, 1.165) is 41.8 Å². The molecule has 0 radical (unpaired) electrons. The molecule has 7 nitrogen and oxygen atoms in total. The Labute approximate surface area is 260 Å². The fraction of sp³-hybridized carbons (Fsp3) is 0.297. The summed E-state index contributed by atoms with van der Waals surface area (Å²) < 4.78 is 22.2. The van der Waals surface area contributed by atoms with Crippen LogP contribution in [0.4, 0.5) is 0 Å². The minimum Gasteiger partial charge on any atom is -0.492 e. The molecule has 4 aromatic rings. The van der Waals surface area contributed by atoms with Crippen molar-refractivity contribution in [2.45, 2.75) is 39.8 Å². The van der Waals surface area contributed by atoms with Crippen molar-refractivity contribution in [1.29, 1.82) is 0 Å². The summed E-state index contributed by atoms with van der Waals surface area (Å²) in [6, 6.07) is 31.2. The third kappa shape index (κ3) is 9.71. The largest absolute Gasteiger partial charge is 0.492 e. The molecule has 4 aromatic carbocycles. The molecule has 0 saturated carbocycles. The van der Waals surface area contributed by atoms with E-state index in [1.54, 1.807) is 43.3 Å². The van der Waals surface area contributed by atoms with Crippen molar-refractivity contribution >= 4 is 11.9 Å². The minimum absolute atomic E-state index is 0.335. The summed E-state index contributed by atoms with van der Waals surface area (Å²) in [6.07, 6.45) is 1.81. The first-order chi connectivity index (χ1) is 21.5. The number of ether oxygens (including phenoxy) is 4. The van der Waals surface area contributed by atoms with Gasteiger partial charge in [0.15, 0.2) is 0 Å². The minimum atomic E-state index is -0.353. The fourth-order valence-corrected chi connectivity index (χ4v) is 4.75. The molecule has 0 aliphatic rings. The lowest BCUT2D eigenvalue weighted by molar-refractivity contribution is 0.0525. The van der Waals surface area contributed by atoms with Crippen LogP contribution >= 0.6 is 0 Å². The van der Waals surface area contributed by atoms with Crippen molar-refractivity contribution in [2.24, 2.45) is 0 Å². The highest BCUT2D eigenvalue weighted by Crippen LogP contribution is 2.21. The van der Waals surface area contributed by atoms with Gasteiger partial charge in [0.05, 0.1) is 24.8 Å². The van der Waals surface area contributed by atoms with Crippen LogP contribution in [-0.4, -0.2) is 50.3 Å². The molecule has 0 amide bonds. The molecule has 230 valence electrons. The Balaban J connectivity index is 1.40. The molecule has 0 spiro atoms. The molecule has 0 atom stereocenters. The summed E-state index contributed by atoms with van der Waals surface area (Å²) in [4.78, 5) is 26.2. The highest BCUT2D eigenvalue weighted by atomic mass is 16.5. The Morgan fingerprint density at radius 3 is 2.00 bits per heavy atom. The maximum Gasteiger partial charge on any atom is 0.338 e. The Morgan fingerprint density at radius 1 is 0.682 bits per heavy atom. The lowest BCUT2D eigenvalue weighted by Crippen LogP contribution is -2.30. The summed E-state index contributed by atoms with van der Waals surface area (Å²) in [5.41, 5.74) is 5.69. The average Bonchev–Trinajstić information content (AvgIpc) is 3.07. The van der Waals surface area contributed by atoms with Gasteiger partial charge >= 0.3 is 11.9 Å². The van der Waals surface area contributed by atoms with Gasteiger partial charge in [-0.25, -0.2) is 9.59 Å². The van der Waals surface area contributed by atoms with E-state index in [1.165, 1.54) is 12.7 Å². The van der Waals surface area contributed by atoms with Crippen molar-refractivity contribution in [2.75, 3.05) is 33.4 Å². The summed E-state index contributed by atoms with van der Waals surface area (Å²) in [7, 11) is 1.38. The molecule has 44 heavy (non-hydrogen) atoms. The number of carbonyl (C=O) groups excluding carboxylic acids is 2. The number of hydrogen-bond acceptors (Lipinski definition) is 7. The Morgan fingerprint density at radius 2 is 1.32 bits per heavy atom. The molecule has 0 saturated heterocycles. The van der Waals surface area contributed by atoms with Gasteiger partial charge < -0.3 is 18.9 Å². The molecule has 0 aliphatic heterocycles. The van der Waals surface area contributed by atoms with Crippen molar-refractivity contribution < 1.29 is 28.5 Å². The van der Waals surface area contributed by atoms with Crippen molar-refractivity contribution in [3.05, 3.63) is 130 Å². The lowest BCUT2D eigenvalue weighted by atomic mass is 10.1. The third-order valence-corrected chi connectivity index (χ3v) is 7.32. The standard InChI is InChI=1S/C37H41NO6/c1-4-28-10-12-30(13-11-28)27-44-35-9-7-6-8-31(35)22-23-38(26-29-14-16-32(17-15-29)36(39)41-3)24-25-43-34-20-18-33(19-21-34)37(40)42-5-2/h6-21H,4-5,22-27H2,1-3H3. The van der Waals surface area contributed by atoms with Gasteiger partial charge in [-0.3, -0.25) is 4.90 Å². The number of carbonyl (C=O) groups is 2. The number of benzene rings is 4. The van der Waals surface area contributed by atoms with Crippen molar-refractivity contribution in [3.8, 4) is 11.5 Å². The number of methoxy groups -OCH3 is 1. The van der Waals surface area contributed by atoms with Crippen molar-refractivity contribution in [1.82, 2.24) is 4.90 Å². The Hall–Kier alpha value is -4.62. The molecule has 4 rings (SSSR count). The van der Waals surface area contributed by atoms with E-state index in [4.69, 9.17) is 18.9 Å². The number of nitrogens with zero attached hydrogens (tertiary/aromatic N) is 1. The zero-order chi connectivity index (χ0) is 31.1. The molecule has 0 aliphatic carbocycles. The first-order valence-corrected chi connectivity index (χ1v) is 15.1. The normalized spacial score (nSPS) is 10.8. The maximum absolute atomic E-state index is 12.0. The van der Waals surface area contributed by atoms with Crippen LogP contribution in [0.25, 0.3) is 0 Å². The topological polar surface area (TPSA) is 74.3 Å². The third-order valence-electron chi connectivity index (χ3n) is 7.32. The molecule has 0 N–H and O–H groups in total. The summed E-state index contributed by atoms with van der Waals surface area (Å²) >= 11 is 0. The highest BCUT2D eigenvalue weighted by Gasteiger charge is 2.12. The lowest BCUT2D eigenvalue weighted by Gasteiger charge is -2.23. The van der Waals surface area contributed by atoms with E-state index in [9.17, 15) is 9.59 Å². The molecular formula is C37H41NO6. The van der Waals surface area contributed by atoms with Gasteiger partial charge in [0.1, 0.15) is 24.7 Å². The maximum atomic E-state index is 12.0. The molecule has 0 fully saturated rings. The second-order valence-electron chi connectivity index (χ2n) is 10.4. The molecular weight excluding hydrogens is 554 g/mol. The van der Waals surface area contributed by atoms with Crippen LogP contribution in [0, 0.1) is 0 Å². The molecule has 7 heteroatoms. The van der Waals surface area contributed by atoms with Crippen molar-refractivity contribution in [3.63, 3.8) is 0 Å². The number of esters is 2. The van der Waals surface area contributed by atoms with E-state index in [2.05, 4.69) is 42.2 Å². The average molecular weight is 596 g/mol. The quantitative estimate of drug-likeness (QED) is 0.130. The molecule has 0 bridgehead atoms. The van der Waals surface area contributed by atoms with Gasteiger partial charge in [0, 0.05) is 19.6 Å². The van der Waals surface area contributed by atoms with E-state index in [-0.39, 0.29) is 11.9 Å². The predicted molar refractivity (Wildman–Crippen MR) is 171 cm³/mol. The van der Waals surface area contributed by atoms with Crippen LogP contribution in [0.1, 0.15) is 56.8 Å². The monoisotopic (exact) mass is 595 g/mol. The van der Waals surface area contributed by atoms with Gasteiger partial charge in [0.2, 0.25) is 0 Å². The zero-order valence-corrected chi connectivity index (χ0v) is 25.8. The van der Waals surface area contributed by atoms with Gasteiger partial charge in [0.25, 0.3) is 0 Å². The number of aryl methyl sites for hydroxylation is 1. The smallest absolute Gasteiger partial charge is 0.338 e. The van der Waals surface area contributed by atoms with Crippen LogP contribution in [0.5, 0.6) is 11.5 Å². The Bertz CT molecular complexity index is 1470. The summed E-state index contributed by atoms with van der Waals surface area (Å²) in [6.45, 7) is 7.37.